The third-order valence-electron chi connectivity index (χ3n) is 3.90. The van der Waals surface area contributed by atoms with Gasteiger partial charge in [-0.1, -0.05) is 30.3 Å². The van der Waals surface area contributed by atoms with Crippen molar-refractivity contribution in [1.29, 1.82) is 0 Å². The standard InChI is InChI=1S/C16H18ClF3N2O3/c17-6-14(23)21-13-8-22(7-12(13)16(18,19)20)15(24)10-25-9-11-4-2-1-3-5-11/h1-5,12-13H,6-10H2,(H,21,23)/t12-,13-/m1/s1. The maximum atomic E-state index is 13.1. The van der Waals surface area contributed by atoms with Gasteiger partial charge in [0.2, 0.25) is 11.8 Å². The van der Waals surface area contributed by atoms with Crippen molar-refractivity contribution in [3.05, 3.63) is 35.9 Å². The fraction of sp³-hybridized carbons (Fsp3) is 0.500. The molecule has 1 aliphatic heterocycles. The molecule has 9 heteroatoms. The molecule has 1 fully saturated rings. The molecule has 2 amide bonds. The molecule has 0 bridgehead atoms. The topological polar surface area (TPSA) is 58.6 Å². The molecular formula is C16H18ClF3N2O3. The van der Waals surface area contributed by atoms with Crippen LogP contribution in [-0.2, 0) is 20.9 Å². The summed E-state index contributed by atoms with van der Waals surface area (Å²) in [5.41, 5.74) is 0.858. The van der Waals surface area contributed by atoms with Crippen LogP contribution in [0.3, 0.4) is 0 Å². The lowest BCUT2D eigenvalue weighted by atomic mass is 10.0. The van der Waals surface area contributed by atoms with Crippen LogP contribution in [-0.4, -0.2) is 54.5 Å². The van der Waals surface area contributed by atoms with Crippen LogP contribution in [0.25, 0.3) is 0 Å². The first-order valence-electron chi connectivity index (χ1n) is 7.62. The third kappa shape index (κ3) is 5.61. The third-order valence-corrected chi connectivity index (χ3v) is 4.14. The van der Waals surface area contributed by atoms with Gasteiger partial charge in [-0.2, -0.15) is 13.2 Å². The first kappa shape index (κ1) is 19.5. The van der Waals surface area contributed by atoms with Crippen LogP contribution < -0.4 is 5.32 Å². The predicted molar refractivity (Wildman–Crippen MR) is 84.9 cm³/mol. The molecule has 1 heterocycles. The number of likely N-dealkylation sites (tertiary alicyclic amines) is 1. The zero-order valence-corrected chi connectivity index (χ0v) is 14.0. The second kappa shape index (κ2) is 8.53. The van der Waals surface area contributed by atoms with Crippen molar-refractivity contribution in [3.63, 3.8) is 0 Å². The Bertz CT molecular complexity index is 598. The molecule has 0 aromatic heterocycles. The number of amides is 2. The minimum atomic E-state index is -4.52. The van der Waals surface area contributed by atoms with E-state index in [9.17, 15) is 22.8 Å². The van der Waals surface area contributed by atoms with Gasteiger partial charge in [0.15, 0.2) is 0 Å². The number of nitrogens with zero attached hydrogens (tertiary/aromatic N) is 1. The number of carbonyl (C=O) groups excluding carboxylic acids is 2. The van der Waals surface area contributed by atoms with Gasteiger partial charge in [-0.3, -0.25) is 9.59 Å². The van der Waals surface area contributed by atoms with Gasteiger partial charge in [0, 0.05) is 13.1 Å². The fourth-order valence-corrected chi connectivity index (χ4v) is 2.73. The quantitative estimate of drug-likeness (QED) is 0.770. The van der Waals surface area contributed by atoms with E-state index in [1.165, 1.54) is 0 Å². The summed E-state index contributed by atoms with van der Waals surface area (Å²) in [6, 6.07) is 7.91. The highest BCUT2D eigenvalue weighted by Crippen LogP contribution is 2.34. The minimum absolute atomic E-state index is 0.190. The first-order chi connectivity index (χ1) is 11.8. The average Bonchev–Trinajstić information content (AvgIpc) is 3.00. The Morgan fingerprint density at radius 1 is 1.24 bits per heavy atom. The van der Waals surface area contributed by atoms with Crippen molar-refractivity contribution in [2.24, 2.45) is 5.92 Å². The molecule has 0 saturated carbocycles. The molecule has 0 aliphatic carbocycles. The van der Waals surface area contributed by atoms with Gasteiger partial charge in [-0.15, -0.1) is 11.6 Å². The van der Waals surface area contributed by atoms with E-state index < -0.39 is 42.4 Å². The van der Waals surface area contributed by atoms with Gasteiger partial charge in [-0.25, -0.2) is 0 Å². The Kier molecular flexibility index (Phi) is 6.66. The molecule has 2 atom stereocenters. The fourth-order valence-electron chi connectivity index (χ4n) is 2.65. The van der Waals surface area contributed by atoms with Gasteiger partial charge in [0.1, 0.15) is 12.5 Å². The van der Waals surface area contributed by atoms with Crippen LogP contribution >= 0.6 is 11.6 Å². The summed E-state index contributed by atoms with van der Waals surface area (Å²) in [7, 11) is 0. The smallest absolute Gasteiger partial charge is 0.367 e. The Morgan fingerprint density at radius 3 is 2.52 bits per heavy atom. The summed E-state index contributed by atoms with van der Waals surface area (Å²) < 4.78 is 44.6. The van der Waals surface area contributed by atoms with Gasteiger partial charge < -0.3 is 15.0 Å². The summed E-state index contributed by atoms with van der Waals surface area (Å²) in [6.45, 7) is -0.865. The van der Waals surface area contributed by atoms with Crippen LogP contribution in [0.5, 0.6) is 0 Å². The number of alkyl halides is 4. The number of rotatable bonds is 6. The largest absolute Gasteiger partial charge is 0.395 e. The van der Waals surface area contributed by atoms with Crippen LogP contribution in [0.2, 0.25) is 0 Å². The van der Waals surface area contributed by atoms with E-state index in [0.29, 0.717) is 0 Å². The lowest BCUT2D eigenvalue weighted by Gasteiger charge is -2.21. The predicted octanol–water partition coefficient (Wildman–Crippen LogP) is 1.95. The number of carbonyl (C=O) groups is 2. The monoisotopic (exact) mass is 378 g/mol. The van der Waals surface area contributed by atoms with E-state index in [1.807, 2.05) is 30.3 Å². The van der Waals surface area contributed by atoms with Gasteiger partial charge >= 0.3 is 6.18 Å². The lowest BCUT2D eigenvalue weighted by Crippen LogP contribution is -2.45. The van der Waals surface area contributed by atoms with Crippen molar-refractivity contribution >= 4 is 23.4 Å². The summed E-state index contributed by atoms with van der Waals surface area (Å²) in [5.74, 6) is -3.50. The van der Waals surface area contributed by atoms with Gasteiger partial charge in [0.25, 0.3) is 0 Å². The SMILES string of the molecule is O=C(CCl)N[C@@H]1CN(C(=O)COCc2ccccc2)C[C@H]1C(F)(F)F. The highest BCUT2D eigenvalue weighted by Gasteiger charge is 2.51. The van der Waals surface area contributed by atoms with E-state index in [-0.39, 0.29) is 19.8 Å². The van der Waals surface area contributed by atoms with E-state index in [4.69, 9.17) is 16.3 Å². The number of ether oxygens (including phenoxy) is 1. The van der Waals surface area contributed by atoms with E-state index in [2.05, 4.69) is 5.32 Å². The molecule has 0 spiro atoms. The van der Waals surface area contributed by atoms with Crippen molar-refractivity contribution in [2.75, 3.05) is 25.6 Å². The summed E-state index contributed by atoms with van der Waals surface area (Å²) >= 11 is 5.32. The summed E-state index contributed by atoms with van der Waals surface area (Å²) in [5, 5.41) is 2.23. The molecule has 25 heavy (non-hydrogen) atoms. The van der Waals surface area contributed by atoms with E-state index in [0.717, 1.165) is 10.5 Å². The van der Waals surface area contributed by atoms with Crippen molar-refractivity contribution in [3.8, 4) is 0 Å². The molecule has 1 saturated heterocycles. The highest BCUT2D eigenvalue weighted by molar-refractivity contribution is 6.27. The van der Waals surface area contributed by atoms with Crippen LogP contribution in [0.1, 0.15) is 5.56 Å². The minimum Gasteiger partial charge on any atom is -0.367 e. The average molecular weight is 379 g/mol. The van der Waals surface area contributed by atoms with Crippen molar-refractivity contribution in [1.82, 2.24) is 10.2 Å². The second-order valence-corrected chi connectivity index (χ2v) is 6.00. The molecule has 2 rings (SSSR count). The van der Waals surface area contributed by atoms with Gasteiger partial charge in [-0.05, 0) is 5.56 Å². The highest BCUT2D eigenvalue weighted by atomic mass is 35.5. The van der Waals surface area contributed by atoms with Crippen LogP contribution in [0.4, 0.5) is 13.2 Å². The lowest BCUT2D eigenvalue weighted by molar-refractivity contribution is -0.176. The Hall–Kier alpha value is -1.80. The zero-order valence-electron chi connectivity index (χ0n) is 13.3. The maximum absolute atomic E-state index is 13.1. The van der Waals surface area contributed by atoms with Crippen molar-refractivity contribution in [2.45, 2.75) is 18.8 Å². The Balaban J connectivity index is 1.90. The first-order valence-corrected chi connectivity index (χ1v) is 8.16. The second-order valence-electron chi connectivity index (χ2n) is 5.73. The van der Waals surface area contributed by atoms with Crippen LogP contribution in [0.15, 0.2) is 30.3 Å². The molecule has 1 aliphatic rings. The van der Waals surface area contributed by atoms with Crippen molar-refractivity contribution < 1.29 is 27.5 Å². The normalized spacial score (nSPS) is 20.6. The zero-order chi connectivity index (χ0) is 18.4. The number of benzene rings is 1. The molecule has 138 valence electrons. The van der Waals surface area contributed by atoms with Crippen LogP contribution in [0, 0.1) is 5.92 Å². The number of halogens is 4. The van der Waals surface area contributed by atoms with E-state index >= 15 is 0 Å². The molecule has 0 unspecified atom stereocenters. The Labute approximate surface area is 148 Å². The van der Waals surface area contributed by atoms with Gasteiger partial charge in [0.05, 0.1) is 18.6 Å². The molecule has 1 aromatic carbocycles. The molecule has 1 aromatic rings. The number of nitrogens with one attached hydrogen (secondary N) is 1. The Morgan fingerprint density at radius 2 is 1.92 bits per heavy atom. The van der Waals surface area contributed by atoms with E-state index in [1.54, 1.807) is 0 Å². The molecule has 0 radical (unpaired) electrons. The maximum Gasteiger partial charge on any atom is 0.395 e. The summed E-state index contributed by atoms with van der Waals surface area (Å²) in [4.78, 5) is 24.5. The molecule has 1 N–H and O–H groups in total. The molecular weight excluding hydrogens is 361 g/mol. The summed E-state index contributed by atoms with van der Waals surface area (Å²) in [6.07, 6.45) is -4.52. The molecule has 5 nitrogen and oxygen atoms in total. The number of hydrogen-bond donors (Lipinski definition) is 1. The number of hydrogen-bond acceptors (Lipinski definition) is 3.